The van der Waals surface area contributed by atoms with Crippen molar-refractivity contribution in [1.29, 1.82) is 0 Å². The number of oxazole rings is 1. The Bertz CT molecular complexity index is 710. The predicted octanol–water partition coefficient (Wildman–Crippen LogP) is 3.41. The second-order valence-electron chi connectivity index (χ2n) is 7.25. The van der Waals surface area contributed by atoms with Gasteiger partial charge in [0.05, 0.1) is 13.2 Å². The fourth-order valence-corrected chi connectivity index (χ4v) is 2.71. The van der Waals surface area contributed by atoms with E-state index in [1.807, 2.05) is 0 Å². The first kappa shape index (κ1) is 21.1. The minimum absolute atomic E-state index is 0.246. The molecule has 27 heavy (non-hydrogen) atoms. The first-order valence-electron chi connectivity index (χ1n) is 9.41. The number of carbonyl (C=O) groups excluding carboxylic acids is 1. The van der Waals surface area contributed by atoms with Crippen LogP contribution in [0.5, 0.6) is 0 Å². The molecule has 1 aromatic carbocycles. The van der Waals surface area contributed by atoms with Gasteiger partial charge in [0.1, 0.15) is 6.26 Å². The van der Waals surface area contributed by atoms with Crippen LogP contribution in [-0.2, 0) is 17.8 Å². The van der Waals surface area contributed by atoms with E-state index in [1.54, 1.807) is 7.11 Å². The van der Waals surface area contributed by atoms with Gasteiger partial charge < -0.3 is 14.5 Å². The summed E-state index contributed by atoms with van der Waals surface area (Å²) in [4.78, 5) is 18.8. The second kappa shape index (κ2) is 10.2. The third kappa shape index (κ3) is 6.48. The Morgan fingerprint density at radius 2 is 1.93 bits per heavy atom. The molecule has 1 atom stereocenters. The molecule has 1 N–H and O–H groups in total. The molecule has 1 heterocycles. The van der Waals surface area contributed by atoms with E-state index in [-0.39, 0.29) is 5.91 Å². The van der Waals surface area contributed by atoms with Gasteiger partial charge in [0.15, 0.2) is 5.69 Å². The third-order valence-corrected chi connectivity index (χ3v) is 4.76. The minimum atomic E-state index is -0.246. The number of nitrogens with zero attached hydrogens (tertiary/aromatic N) is 2. The SMILES string of the molecule is COCCNC(=O)c1coc(CN(Cc2ccc(C)cc2)C(C)C(C)C)n1. The molecular weight excluding hydrogens is 342 g/mol. The van der Waals surface area contributed by atoms with Crippen LogP contribution in [0.25, 0.3) is 0 Å². The normalized spacial score (nSPS) is 12.6. The van der Waals surface area contributed by atoms with E-state index in [9.17, 15) is 4.79 Å². The summed E-state index contributed by atoms with van der Waals surface area (Å²) in [5.74, 6) is 0.790. The largest absolute Gasteiger partial charge is 0.447 e. The highest BCUT2D eigenvalue weighted by Gasteiger charge is 2.21. The molecule has 0 aliphatic heterocycles. The van der Waals surface area contributed by atoms with Gasteiger partial charge in [-0.3, -0.25) is 9.69 Å². The Kier molecular flexibility index (Phi) is 8.00. The summed E-state index contributed by atoms with van der Waals surface area (Å²) in [6.07, 6.45) is 1.42. The summed E-state index contributed by atoms with van der Waals surface area (Å²) in [6, 6.07) is 8.90. The van der Waals surface area contributed by atoms with Crippen LogP contribution < -0.4 is 5.32 Å². The highest BCUT2D eigenvalue weighted by atomic mass is 16.5. The van der Waals surface area contributed by atoms with Crippen LogP contribution in [0, 0.1) is 12.8 Å². The molecule has 1 aromatic heterocycles. The van der Waals surface area contributed by atoms with Gasteiger partial charge in [0.25, 0.3) is 5.91 Å². The van der Waals surface area contributed by atoms with E-state index >= 15 is 0 Å². The molecule has 0 bridgehead atoms. The summed E-state index contributed by atoms with van der Waals surface area (Å²) in [6.45, 7) is 11.0. The van der Waals surface area contributed by atoms with Crippen LogP contribution >= 0.6 is 0 Å². The highest BCUT2D eigenvalue weighted by Crippen LogP contribution is 2.18. The lowest BCUT2D eigenvalue weighted by Gasteiger charge is -2.30. The Hall–Kier alpha value is -2.18. The summed E-state index contributed by atoms with van der Waals surface area (Å²) >= 11 is 0. The maximum absolute atomic E-state index is 12.1. The third-order valence-electron chi connectivity index (χ3n) is 4.76. The van der Waals surface area contributed by atoms with Crippen LogP contribution in [0.15, 0.2) is 34.9 Å². The summed E-state index contributed by atoms with van der Waals surface area (Å²) in [5.41, 5.74) is 2.80. The maximum Gasteiger partial charge on any atom is 0.273 e. The molecule has 0 fully saturated rings. The molecule has 0 saturated carbocycles. The quantitative estimate of drug-likeness (QED) is 0.647. The number of hydrogen-bond donors (Lipinski definition) is 1. The lowest BCUT2D eigenvalue weighted by molar-refractivity contribution is 0.0932. The van der Waals surface area contributed by atoms with Crippen LogP contribution in [0.1, 0.15) is 48.3 Å². The maximum atomic E-state index is 12.1. The molecule has 6 heteroatoms. The van der Waals surface area contributed by atoms with Crippen molar-refractivity contribution in [3.8, 4) is 0 Å². The van der Waals surface area contributed by atoms with Crippen molar-refractivity contribution >= 4 is 5.91 Å². The number of ether oxygens (including phenoxy) is 1. The van der Waals surface area contributed by atoms with Crippen molar-refractivity contribution in [2.24, 2.45) is 5.92 Å². The van der Waals surface area contributed by atoms with Gasteiger partial charge in [-0.1, -0.05) is 43.7 Å². The Labute approximate surface area is 161 Å². The fourth-order valence-electron chi connectivity index (χ4n) is 2.71. The lowest BCUT2D eigenvalue weighted by atomic mass is 10.0. The van der Waals surface area contributed by atoms with Crippen molar-refractivity contribution in [2.45, 2.75) is 46.8 Å². The molecule has 2 aromatic rings. The molecule has 0 saturated heterocycles. The number of carbonyl (C=O) groups is 1. The summed E-state index contributed by atoms with van der Waals surface area (Å²) < 4.78 is 10.5. The van der Waals surface area contributed by atoms with E-state index in [1.165, 1.54) is 17.4 Å². The zero-order valence-corrected chi connectivity index (χ0v) is 17.0. The van der Waals surface area contributed by atoms with Gasteiger partial charge >= 0.3 is 0 Å². The zero-order chi connectivity index (χ0) is 19.8. The monoisotopic (exact) mass is 373 g/mol. The Balaban J connectivity index is 2.06. The highest BCUT2D eigenvalue weighted by molar-refractivity contribution is 5.91. The van der Waals surface area contributed by atoms with Crippen LogP contribution in [0.2, 0.25) is 0 Å². The minimum Gasteiger partial charge on any atom is -0.447 e. The number of nitrogens with one attached hydrogen (secondary N) is 1. The Morgan fingerprint density at radius 1 is 1.22 bits per heavy atom. The topological polar surface area (TPSA) is 67.6 Å². The number of aryl methyl sites for hydroxylation is 1. The van der Waals surface area contributed by atoms with Crippen LogP contribution in [0.4, 0.5) is 0 Å². The van der Waals surface area contributed by atoms with Gasteiger partial charge in [-0.15, -0.1) is 0 Å². The van der Waals surface area contributed by atoms with E-state index in [2.05, 4.69) is 67.2 Å². The zero-order valence-electron chi connectivity index (χ0n) is 17.0. The number of amides is 1. The molecule has 2 rings (SSSR count). The van der Waals surface area contributed by atoms with Crippen molar-refractivity contribution in [3.63, 3.8) is 0 Å². The van der Waals surface area contributed by atoms with E-state index in [4.69, 9.17) is 9.15 Å². The van der Waals surface area contributed by atoms with Gasteiger partial charge in [-0.2, -0.15) is 0 Å². The summed E-state index contributed by atoms with van der Waals surface area (Å²) in [5, 5.41) is 2.75. The van der Waals surface area contributed by atoms with E-state index in [0.717, 1.165) is 6.54 Å². The number of methoxy groups -OCH3 is 1. The second-order valence-corrected chi connectivity index (χ2v) is 7.25. The smallest absolute Gasteiger partial charge is 0.273 e. The number of hydrogen-bond acceptors (Lipinski definition) is 5. The molecule has 0 aliphatic carbocycles. The van der Waals surface area contributed by atoms with Crippen molar-refractivity contribution in [1.82, 2.24) is 15.2 Å². The van der Waals surface area contributed by atoms with Crippen molar-refractivity contribution in [3.05, 3.63) is 53.2 Å². The number of rotatable bonds is 10. The first-order valence-corrected chi connectivity index (χ1v) is 9.41. The van der Waals surface area contributed by atoms with Gasteiger partial charge in [0, 0.05) is 26.2 Å². The van der Waals surface area contributed by atoms with Gasteiger partial charge in [0.2, 0.25) is 5.89 Å². The molecule has 1 unspecified atom stereocenters. The van der Waals surface area contributed by atoms with Gasteiger partial charge in [-0.25, -0.2) is 4.98 Å². The molecule has 0 radical (unpaired) electrons. The van der Waals surface area contributed by atoms with Crippen molar-refractivity contribution < 1.29 is 13.9 Å². The van der Waals surface area contributed by atoms with Crippen LogP contribution in [-0.4, -0.2) is 42.1 Å². The first-order chi connectivity index (χ1) is 12.9. The molecule has 148 valence electrons. The van der Waals surface area contributed by atoms with Gasteiger partial charge in [-0.05, 0) is 25.3 Å². The van der Waals surface area contributed by atoms with E-state index in [0.29, 0.717) is 43.2 Å². The average Bonchev–Trinajstić information content (AvgIpc) is 3.11. The fraction of sp³-hybridized carbons (Fsp3) is 0.524. The molecule has 1 amide bonds. The standard InChI is InChI=1S/C21H31N3O3/c1-15(2)17(4)24(12-18-8-6-16(3)7-9-18)13-20-23-19(14-27-20)21(25)22-10-11-26-5/h6-9,14-15,17H,10-13H2,1-5H3,(H,22,25). The molecular formula is C21H31N3O3. The van der Waals surface area contributed by atoms with E-state index < -0.39 is 0 Å². The molecule has 0 aliphatic rings. The Morgan fingerprint density at radius 3 is 2.56 bits per heavy atom. The average molecular weight is 373 g/mol. The molecule has 0 spiro atoms. The predicted molar refractivity (Wildman–Crippen MR) is 105 cm³/mol. The van der Waals surface area contributed by atoms with Crippen molar-refractivity contribution in [2.75, 3.05) is 20.3 Å². The number of aromatic nitrogens is 1. The number of benzene rings is 1. The lowest BCUT2D eigenvalue weighted by Crippen LogP contribution is -2.36. The summed E-state index contributed by atoms with van der Waals surface area (Å²) in [7, 11) is 1.60. The molecule has 6 nitrogen and oxygen atoms in total. The van der Waals surface area contributed by atoms with Crippen LogP contribution in [0.3, 0.4) is 0 Å².